The van der Waals surface area contributed by atoms with Crippen molar-refractivity contribution >= 4 is 29.2 Å². The Morgan fingerprint density at radius 1 is 1.23 bits per heavy atom. The van der Waals surface area contributed by atoms with Gasteiger partial charge in [-0.15, -0.1) is 12.4 Å². The fourth-order valence-corrected chi connectivity index (χ4v) is 2.60. The Hall–Kier alpha value is -0.470. The number of nitrogens with one attached hydrogen (secondary N) is 1. The predicted molar refractivity (Wildman–Crippen MR) is 60.3 cm³/mol. The van der Waals surface area contributed by atoms with Crippen LogP contribution in [0.3, 0.4) is 0 Å². The van der Waals surface area contributed by atoms with Gasteiger partial charge in [0.05, 0.1) is 5.04 Å². The second kappa shape index (κ2) is 3.35. The Morgan fingerprint density at radius 3 is 2.46 bits per heavy atom. The third-order valence-corrected chi connectivity index (χ3v) is 3.63. The van der Waals surface area contributed by atoms with Crippen LogP contribution in [0.5, 0.6) is 0 Å². The summed E-state index contributed by atoms with van der Waals surface area (Å²) >= 11 is 1.58. The van der Waals surface area contributed by atoms with Gasteiger partial charge in [-0.2, -0.15) is 0 Å². The minimum atomic E-state index is -0.0682. The van der Waals surface area contributed by atoms with Crippen LogP contribution < -0.4 is 0 Å². The topological polar surface area (TPSA) is 23.9 Å². The lowest BCUT2D eigenvalue weighted by Gasteiger charge is -2.17. The zero-order valence-electron chi connectivity index (χ0n) is 7.63. The zero-order valence-corrected chi connectivity index (χ0v) is 9.26. The Kier molecular flexibility index (Phi) is 2.74. The summed E-state index contributed by atoms with van der Waals surface area (Å²) in [6.45, 7) is 4.21. The molecule has 1 N–H and O–H groups in total. The molecule has 0 bridgehead atoms. The van der Waals surface area contributed by atoms with Crippen molar-refractivity contribution in [3.8, 4) is 0 Å². The van der Waals surface area contributed by atoms with E-state index in [-0.39, 0.29) is 17.8 Å². The van der Waals surface area contributed by atoms with Gasteiger partial charge in [-0.1, -0.05) is 30.0 Å². The molecule has 0 unspecified atom stereocenters. The molecule has 0 spiro atoms. The summed E-state index contributed by atoms with van der Waals surface area (Å²) in [5.74, 6) is 0. The van der Waals surface area contributed by atoms with Crippen LogP contribution >= 0.6 is 24.2 Å². The van der Waals surface area contributed by atoms with E-state index in [4.69, 9.17) is 5.41 Å². The van der Waals surface area contributed by atoms with Gasteiger partial charge < -0.3 is 0 Å². The van der Waals surface area contributed by atoms with Crippen LogP contribution in [-0.2, 0) is 5.41 Å². The van der Waals surface area contributed by atoms with E-state index in [9.17, 15) is 0 Å². The van der Waals surface area contributed by atoms with E-state index in [1.54, 1.807) is 11.8 Å². The van der Waals surface area contributed by atoms with Crippen LogP contribution in [0.15, 0.2) is 29.2 Å². The molecule has 1 nitrogen and oxygen atoms in total. The van der Waals surface area contributed by atoms with Gasteiger partial charge in [-0.05, 0) is 25.5 Å². The highest BCUT2D eigenvalue weighted by molar-refractivity contribution is 8.14. The minimum absolute atomic E-state index is 0. The Labute approximate surface area is 88.8 Å². The first kappa shape index (κ1) is 10.6. The van der Waals surface area contributed by atoms with Gasteiger partial charge >= 0.3 is 0 Å². The summed E-state index contributed by atoms with van der Waals surface area (Å²) < 4.78 is 0. The van der Waals surface area contributed by atoms with Crippen LogP contribution in [0.2, 0.25) is 0 Å². The van der Waals surface area contributed by atoms with Crippen molar-refractivity contribution < 1.29 is 0 Å². The number of halogens is 1. The van der Waals surface area contributed by atoms with Crippen molar-refractivity contribution in [2.75, 3.05) is 0 Å². The largest absolute Gasteiger partial charge is 0.297 e. The molecule has 1 aromatic carbocycles. The zero-order chi connectivity index (χ0) is 8.77. The summed E-state index contributed by atoms with van der Waals surface area (Å²) in [6.07, 6.45) is 0. The molecule has 0 aliphatic carbocycles. The third kappa shape index (κ3) is 1.49. The number of rotatable bonds is 0. The number of hydrogen-bond acceptors (Lipinski definition) is 2. The summed E-state index contributed by atoms with van der Waals surface area (Å²) in [5, 5.41) is 8.55. The first-order chi connectivity index (χ1) is 5.62. The molecule has 0 amide bonds. The van der Waals surface area contributed by atoms with Crippen molar-refractivity contribution in [3.05, 3.63) is 29.8 Å². The summed E-state index contributed by atoms with van der Waals surface area (Å²) in [5.41, 5.74) is 1.22. The molecular formula is C10H12ClNS. The molecule has 0 saturated heterocycles. The summed E-state index contributed by atoms with van der Waals surface area (Å²) in [6, 6.07) is 8.27. The lowest BCUT2D eigenvalue weighted by molar-refractivity contribution is 0.718. The van der Waals surface area contributed by atoms with E-state index in [2.05, 4.69) is 26.0 Å². The second-order valence-electron chi connectivity index (χ2n) is 3.55. The highest BCUT2D eigenvalue weighted by Gasteiger charge is 2.35. The predicted octanol–water partition coefficient (Wildman–Crippen LogP) is 3.47. The molecule has 70 valence electrons. The normalized spacial score (nSPS) is 17.8. The van der Waals surface area contributed by atoms with E-state index in [1.807, 2.05) is 12.1 Å². The molecule has 0 radical (unpaired) electrons. The van der Waals surface area contributed by atoms with E-state index in [1.165, 1.54) is 10.5 Å². The highest BCUT2D eigenvalue weighted by atomic mass is 35.5. The van der Waals surface area contributed by atoms with Crippen molar-refractivity contribution in [3.63, 3.8) is 0 Å². The second-order valence-corrected chi connectivity index (χ2v) is 4.60. The van der Waals surface area contributed by atoms with Crippen molar-refractivity contribution in [1.82, 2.24) is 0 Å². The minimum Gasteiger partial charge on any atom is -0.297 e. The van der Waals surface area contributed by atoms with Gasteiger partial charge in [0.15, 0.2) is 0 Å². The molecular weight excluding hydrogens is 202 g/mol. The number of benzene rings is 1. The summed E-state index contributed by atoms with van der Waals surface area (Å²) in [7, 11) is 0. The SMILES string of the molecule is CC1(C)C(=N)Sc2ccccc21.Cl. The lowest BCUT2D eigenvalue weighted by Crippen LogP contribution is -2.20. The fourth-order valence-electron chi connectivity index (χ4n) is 1.43. The van der Waals surface area contributed by atoms with Crippen molar-refractivity contribution in [2.24, 2.45) is 0 Å². The first-order valence-electron chi connectivity index (χ1n) is 3.99. The van der Waals surface area contributed by atoms with Crippen LogP contribution in [0, 0.1) is 5.41 Å². The van der Waals surface area contributed by atoms with Crippen molar-refractivity contribution in [1.29, 1.82) is 5.41 Å². The fraction of sp³-hybridized carbons (Fsp3) is 0.300. The van der Waals surface area contributed by atoms with Gasteiger partial charge in [-0.3, -0.25) is 5.41 Å². The molecule has 13 heavy (non-hydrogen) atoms. The van der Waals surface area contributed by atoms with Crippen molar-refractivity contribution in [2.45, 2.75) is 24.2 Å². The van der Waals surface area contributed by atoms with Crippen LogP contribution in [0.25, 0.3) is 0 Å². The van der Waals surface area contributed by atoms with Gasteiger partial charge in [-0.25, -0.2) is 0 Å². The van der Waals surface area contributed by atoms with E-state index < -0.39 is 0 Å². The maximum absolute atomic E-state index is 7.80. The Morgan fingerprint density at radius 2 is 1.85 bits per heavy atom. The molecule has 2 rings (SSSR count). The van der Waals surface area contributed by atoms with E-state index >= 15 is 0 Å². The van der Waals surface area contributed by atoms with Gasteiger partial charge in [0, 0.05) is 10.3 Å². The molecule has 3 heteroatoms. The molecule has 1 heterocycles. The third-order valence-electron chi connectivity index (χ3n) is 2.34. The molecule has 0 saturated carbocycles. The monoisotopic (exact) mass is 213 g/mol. The van der Waals surface area contributed by atoms with Gasteiger partial charge in [0.25, 0.3) is 0 Å². The molecule has 0 fully saturated rings. The Balaban J connectivity index is 0.000000845. The maximum atomic E-state index is 7.80. The van der Waals surface area contributed by atoms with Crippen LogP contribution in [0.1, 0.15) is 19.4 Å². The van der Waals surface area contributed by atoms with Crippen LogP contribution in [0.4, 0.5) is 0 Å². The smallest absolute Gasteiger partial charge is 0.0789 e. The molecule has 1 aliphatic heterocycles. The maximum Gasteiger partial charge on any atom is 0.0789 e. The summed E-state index contributed by atoms with van der Waals surface area (Å²) in [4.78, 5) is 1.24. The van der Waals surface area contributed by atoms with E-state index in [0.717, 1.165) is 5.04 Å². The first-order valence-corrected chi connectivity index (χ1v) is 4.80. The number of hydrogen-bond donors (Lipinski definition) is 1. The highest BCUT2D eigenvalue weighted by Crippen LogP contribution is 2.44. The molecule has 0 atom stereocenters. The average molecular weight is 214 g/mol. The lowest BCUT2D eigenvalue weighted by atomic mass is 9.86. The molecule has 1 aromatic rings. The van der Waals surface area contributed by atoms with Crippen LogP contribution in [-0.4, -0.2) is 5.04 Å². The average Bonchev–Trinajstić information content (AvgIpc) is 2.25. The number of fused-ring (bicyclic) bond motifs is 1. The quantitative estimate of drug-likeness (QED) is 0.701. The number of thioether (sulfide) groups is 1. The Bertz CT molecular complexity index is 347. The van der Waals surface area contributed by atoms with Gasteiger partial charge in [0.1, 0.15) is 0 Å². The van der Waals surface area contributed by atoms with Gasteiger partial charge in [0.2, 0.25) is 0 Å². The molecule has 1 aliphatic rings. The molecule has 0 aromatic heterocycles. The van der Waals surface area contributed by atoms with E-state index in [0.29, 0.717) is 0 Å². The standard InChI is InChI=1S/C10H11NS.ClH/c1-10(2)7-5-3-4-6-8(7)12-9(10)11;/h3-6,11H,1-2H3;1H.